The molecular weight excluding hydrogens is 282 g/mol. The van der Waals surface area contributed by atoms with Gasteiger partial charge in [0.25, 0.3) is 0 Å². The number of fused-ring (bicyclic) bond motifs is 3. The third-order valence-corrected chi connectivity index (χ3v) is 3.86. The van der Waals surface area contributed by atoms with Crippen molar-refractivity contribution in [2.24, 2.45) is 0 Å². The summed E-state index contributed by atoms with van der Waals surface area (Å²) in [6, 6.07) is 3.95. The Morgan fingerprint density at radius 3 is 2.32 bits per heavy atom. The lowest BCUT2D eigenvalue weighted by atomic mass is 10.1. The summed E-state index contributed by atoms with van der Waals surface area (Å²) >= 11 is 0. The Morgan fingerprint density at radius 1 is 1.00 bits per heavy atom. The Morgan fingerprint density at radius 2 is 1.73 bits per heavy atom. The highest BCUT2D eigenvalue weighted by molar-refractivity contribution is 5.95. The molecule has 0 radical (unpaired) electrons. The van der Waals surface area contributed by atoms with Crippen molar-refractivity contribution in [1.82, 2.24) is 14.6 Å². The number of pyridine rings is 1. The van der Waals surface area contributed by atoms with Crippen LogP contribution in [-0.4, -0.2) is 35.9 Å². The fraction of sp³-hybridized carbons (Fsp3) is 0.375. The van der Waals surface area contributed by atoms with Crippen molar-refractivity contribution in [3.63, 3.8) is 0 Å². The minimum Gasteiger partial charge on any atom is -0.493 e. The zero-order valence-corrected chi connectivity index (χ0v) is 13.4. The quantitative estimate of drug-likeness (QED) is 0.741. The molecule has 0 unspecified atom stereocenters. The largest absolute Gasteiger partial charge is 0.493 e. The fourth-order valence-corrected chi connectivity index (χ4v) is 2.88. The molecule has 3 aromatic rings. The summed E-state index contributed by atoms with van der Waals surface area (Å²) in [5, 5.41) is 9.49. The van der Waals surface area contributed by atoms with Crippen molar-refractivity contribution in [2.45, 2.75) is 20.3 Å². The molecule has 6 nitrogen and oxygen atoms in total. The van der Waals surface area contributed by atoms with Crippen LogP contribution in [0.25, 0.3) is 16.6 Å². The number of benzene rings is 1. The average Bonchev–Trinajstić information content (AvgIpc) is 2.95. The van der Waals surface area contributed by atoms with Crippen molar-refractivity contribution >= 4 is 16.6 Å². The third kappa shape index (κ3) is 1.87. The molecule has 0 saturated carbocycles. The number of hydrogen-bond donors (Lipinski definition) is 0. The van der Waals surface area contributed by atoms with Crippen LogP contribution in [-0.2, 0) is 6.42 Å². The van der Waals surface area contributed by atoms with Crippen molar-refractivity contribution in [2.75, 3.05) is 21.3 Å². The molecule has 0 aliphatic heterocycles. The molecule has 0 spiro atoms. The molecule has 0 atom stereocenters. The Balaban J connectivity index is 2.57. The Labute approximate surface area is 128 Å². The maximum absolute atomic E-state index is 5.61. The standard InChI is InChI=1S/C16H19N3O3/c1-6-12-17-18-13-7-9(2)14-10(19(12)13)8-11(20-3)15(21-4)16(14)22-5/h7-8H,6H2,1-5H3. The first kappa shape index (κ1) is 14.4. The van der Waals surface area contributed by atoms with Gasteiger partial charge < -0.3 is 14.2 Å². The highest BCUT2D eigenvalue weighted by Gasteiger charge is 2.20. The SMILES string of the molecule is CCc1nnc2cc(C)c3c(OC)c(OC)c(OC)cc3n12. The normalized spacial score (nSPS) is 11.1. The second-order valence-electron chi connectivity index (χ2n) is 5.03. The summed E-state index contributed by atoms with van der Waals surface area (Å²) in [6.07, 6.45) is 0.788. The molecule has 0 aliphatic rings. The summed E-state index contributed by atoms with van der Waals surface area (Å²) in [5.41, 5.74) is 2.82. The predicted molar refractivity (Wildman–Crippen MR) is 84.3 cm³/mol. The predicted octanol–water partition coefficient (Wildman–Crippen LogP) is 2.78. The van der Waals surface area contributed by atoms with E-state index >= 15 is 0 Å². The Bertz CT molecular complexity index is 855. The number of methoxy groups -OCH3 is 3. The molecule has 0 amide bonds. The minimum absolute atomic E-state index is 0.589. The van der Waals surface area contributed by atoms with E-state index in [0.717, 1.165) is 34.4 Å². The number of aromatic nitrogens is 3. The van der Waals surface area contributed by atoms with Crippen LogP contribution in [0.2, 0.25) is 0 Å². The smallest absolute Gasteiger partial charge is 0.204 e. The summed E-state index contributed by atoms with van der Waals surface area (Å²) in [7, 11) is 4.85. The Kier molecular flexibility index (Phi) is 3.52. The van der Waals surface area contributed by atoms with Crippen molar-refractivity contribution in [1.29, 1.82) is 0 Å². The monoisotopic (exact) mass is 301 g/mol. The van der Waals surface area contributed by atoms with Crippen molar-refractivity contribution in [3.05, 3.63) is 23.5 Å². The van der Waals surface area contributed by atoms with Gasteiger partial charge in [0, 0.05) is 17.9 Å². The van der Waals surface area contributed by atoms with E-state index in [1.54, 1.807) is 21.3 Å². The lowest BCUT2D eigenvalue weighted by Crippen LogP contribution is -2.01. The lowest BCUT2D eigenvalue weighted by Gasteiger charge is -2.17. The van der Waals surface area contributed by atoms with Crippen LogP contribution in [0, 0.1) is 6.92 Å². The van der Waals surface area contributed by atoms with Crippen LogP contribution < -0.4 is 14.2 Å². The van der Waals surface area contributed by atoms with Crippen molar-refractivity contribution < 1.29 is 14.2 Å². The van der Waals surface area contributed by atoms with E-state index in [-0.39, 0.29) is 0 Å². The van der Waals surface area contributed by atoms with Crippen LogP contribution >= 0.6 is 0 Å². The summed E-state index contributed by atoms with van der Waals surface area (Å²) in [4.78, 5) is 0. The zero-order valence-electron chi connectivity index (χ0n) is 13.4. The van der Waals surface area contributed by atoms with E-state index in [1.165, 1.54) is 0 Å². The highest BCUT2D eigenvalue weighted by atomic mass is 16.5. The zero-order chi connectivity index (χ0) is 15.9. The summed E-state index contributed by atoms with van der Waals surface area (Å²) in [5.74, 6) is 2.77. The summed E-state index contributed by atoms with van der Waals surface area (Å²) < 4.78 is 18.6. The topological polar surface area (TPSA) is 57.9 Å². The van der Waals surface area contributed by atoms with Gasteiger partial charge in [-0.3, -0.25) is 4.40 Å². The maximum Gasteiger partial charge on any atom is 0.204 e. The number of aryl methyl sites for hydroxylation is 2. The number of ether oxygens (including phenoxy) is 3. The van der Waals surface area contributed by atoms with E-state index in [0.29, 0.717) is 17.2 Å². The molecule has 0 aliphatic carbocycles. The molecule has 3 rings (SSSR count). The molecule has 0 N–H and O–H groups in total. The van der Waals surface area contributed by atoms with Crippen LogP contribution in [0.4, 0.5) is 0 Å². The first-order chi connectivity index (χ1) is 10.7. The van der Waals surface area contributed by atoms with Gasteiger partial charge in [0.15, 0.2) is 17.1 Å². The second-order valence-corrected chi connectivity index (χ2v) is 5.03. The molecule has 116 valence electrons. The van der Waals surface area contributed by atoms with E-state index < -0.39 is 0 Å². The van der Waals surface area contributed by atoms with E-state index in [1.807, 2.05) is 23.5 Å². The molecular formula is C16H19N3O3. The van der Waals surface area contributed by atoms with E-state index in [2.05, 4.69) is 17.1 Å². The lowest BCUT2D eigenvalue weighted by molar-refractivity contribution is 0.327. The molecule has 22 heavy (non-hydrogen) atoms. The number of rotatable bonds is 4. The minimum atomic E-state index is 0.589. The molecule has 0 bridgehead atoms. The van der Waals surface area contributed by atoms with Gasteiger partial charge in [0.1, 0.15) is 5.82 Å². The maximum atomic E-state index is 5.61. The van der Waals surface area contributed by atoms with Gasteiger partial charge in [0.05, 0.1) is 26.8 Å². The van der Waals surface area contributed by atoms with Gasteiger partial charge in [-0.1, -0.05) is 6.92 Å². The van der Waals surface area contributed by atoms with Crippen LogP contribution in [0.1, 0.15) is 18.3 Å². The third-order valence-electron chi connectivity index (χ3n) is 3.86. The molecule has 2 aromatic heterocycles. The molecule has 0 saturated heterocycles. The first-order valence-corrected chi connectivity index (χ1v) is 7.12. The van der Waals surface area contributed by atoms with Crippen molar-refractivity contribution in [3.8, 4) is 17.2 Å². The van der Waals surface area contributed by atoms with Gasteiger partial charge >= 0.3 is 0 Å². The molecule has 0 fully saturated rings. The second kappa shape index (κ2) is 5.36. The van der Waals surface area contributed by atoms with Gasteiger partial charge in [-0.2, -0.15) is 0 Å². The molecule has 6 heteroatoms. The summed E-state index contributed by atoms with van der Waals surface area (Å²) in [6.45, 7) is 4.08. The number of hydrogen-bond acceptors (Lipinski definition) is 5. The molecule has 2 heterocycles. The average molecular weight is 301 g/mol. The van der Waals surface area contributed by atoms with Gasteiger partial charge in [-0.05, 0) is 18.6 Å². The van der Waals surface area contributed by atoms with Crippen LogP contribution in [0.5, 0.6) is 17.2 Å². The van der Waals surface area contributed by atoms with E-state index in [4.69, 9.17) is 14.2 Å². The number of nitrogens with zero attached hydrogens (tertiary/aromatic N) is 3. The van der Waals surface area contributed by atoms with Crippen LogP contribution in [0.15, 0.2) is 12.1 Å². The highest BCUT2D eigenvalue weighted by Crippen LogP contribution is 2.44. The Hall–Kier alpha value is -2.50. The van der Waals surface area contributed by atoms with E-state index in [9.17, 15) is 0 Å². The van der Waals surface area contributed by atoms with Gasteiger partial charge in [-0.15, -0.1) is 10.2 Å². The van der Waals surface area contributed by atoms with Crippen LogP contribution in [0.3, 0.4) is 0 Å². The first-order valence-electron chi connectivity index (χ1n) is 7.12. The van der Waals surface area contributed by atoms with Gasteiger partial charge in [0.2, 0.25) is 5.75 Å². The fourth-order valence-electron chi connectivity index (χ4n) is 2.88. The molecule has 1 aromatic carbocycles. The van der Waals surface area contributed by atoms with Gasteiger partial charge in [-0.25, -0.2) is 0 Å².